The van der Waals surface area contributed by atoms with E-state index in [0.717, 1.165) is 22.1 Å². The molecule has 0 unspecified atom stereocenters. The van der Waals surface area contributed by atoms with Crippen molar-refractivity contribution in [2.45, 2.75) is 20.4 Å². The number of para-hydroxylation sites is 3. The molecule has 0 aliphatic heterocycles. The van der Waals surface area contributed by atoms with Gasteiger partial charge in [-0.3, -0.25) is 9.59 Å². The van der Waals surface area contributed by atoms with Gasteiger partial charge in [-0.1, -0.05) is 29.5 Å². The molecular weight excluding hydrogens is 368 g/mol. The van der Waals surface area contributed by atoms with Gasteiger partial charge in [0, 0.05) is 0 Å². The number of halogens is 1. The van der Waals surface area contributed by atoms with E-state index in [-0.39, 0.29) is 17.4 Å². The third-order valence-corrected chi connectivity index (χ3v) is 3.58. The first-order valence-electron chi connectivity index (χ1n) is 8.10. The molecule has 9 heteroatoms. The van der Waals surface area contributed by atoms with Crippen molar-refractivity contribution in [3.63, 3.8) is 0 Å². The maximum atomic E-state index is 10.9. The minimum absolute atomic E-state index is 0.0201. The molecule has 0 amide bonds. The number of hydrogen-bond donors (Lipinski definition) is 1. The number of nitrogens with one attached hydrogen (secondary N) is 1. The number of fused-ring (bicyclic) bond motifs is 2. The van der Waals surface area contributed by atoms with Gasteiger partial charge in [-0.15, -0.1) is 16.7 Å². The Labute approximate surface area is 160 Å². The summed E-state index contributed by atoms with van der Waals surface area (Å²) in [6.45, 7) is 3.28. The van der Waals surface area contributed by atoms with Crippen molar-refractivity contribution in [2.24, 2.45) is 0 Å². The van der Waals surface area contributed by atoms with Crippen LogP contribution in [0.1, 0.15) is 13.8 Å². The molecule has 1 N–H and O–H groups in total. The summed E-state index contributed by atoms with van der Waals surface area (Å²) in [5, 5.41) is 18.1. The lowest BCUT2D eigenvalue weighted by atomic mass is 10.3. The second kappa shape index (κ2) is 10.1. The number of benzene rings is 2. The van der Waals surface area contributed by atoms with Gasteiger partial charge in [-0.2, -0.15) is 15.4 Å². The van der Waals surface area contributed by atoms with Gasteiger partial charge in [0.15, 0.2) is 5.78 Å². The van der Waals surface area contributed by atoms with Gasteiger partial charge in [0.25, 0.3) is 0 Å². The predicted molar refractivity (Wildman–Crippen MR) is 103 cm³/mol. The summed E-state index contributed by atoms with van der Waals surface area (Å²) in [5.41, 5.74) is 3.55. The zero-order valence-corrected chi connectivity index (χ0v) is 15.7. The topological polar surface area (TPSA) is 106 Å². The van der Waals surface area contributed by atoms with Crippen molar-refractivity contribution in [3.05, 3.63) is 48.5 Å². The smallest absolute Gasteiger partial charge is 0.151 e. The van der Waals surface area contributed by atoms with Crippen molar-refractivity contribution in [2.75, 3.05) is 5.88 Å². The molecule has 0 radical (unpaired) electrons. The Hall–Kier alpha value is -3.13. The maximum Gasteiger partial charge on any atom is 0.151 e. The number of rotatable bonds is 3. The highest BCUT2D eigenvalue weighted by molar-refractivity contribution is 6.27. The number of hydrogen-bond acceptors (Lipinski definition) is 6. The van der Waals surface area contributed by atoms with E-state index in [1.54, 1.807) is 4.68 Å². The molecule has 0 saturated carbocycles. The van der Waals surface area contributed by atoms with Gasteiger partial charge in [0.1, 0.15) is 28.9 Å². The normalized spacial score (nSPS) is 9.89. The minimum atomic E-state index is 0.0201. The Balaban J connectivity index is 0.000000162. The van der Waals surface area contributed by atoms with E-state index in [1.165, 1.54) is 13.8 Å². The van der Waals surface area contributed by atoms with Crippen LogP contribution in [0.4, 0.5) is 0 Å². The highest BCUT2D eigenvalue weighted by atomic mass is 35.5. The largest absolute Gasteiger partial charge is 0.299 e. The molecule has 2 aromatic heterocycles. The number of carbonyl (C=O) groups excluding carboxylic acids is 2. The summed E-state index contributed by atoms with van der Waals surface area (Å²) in [6.07, 6.45) is 0. The lowest BCUT2D eigenvalue weighted by molar-refractivity contribution is -0.117. The van der Waals surface area contributed by atoms with Crippen LogP contribution < -0.4 is 0 Å². The van der Waals surface area contributed by atoms with Crippen LogP contribution in [0.5, 0.6) is 0 Å². The van der Waals surface area contributed by atoms with Gasteiger partial charge in [0.05, 0.1) is 11.4 Å². The van der Waals surface area contributed by atoms with Crippen molar-refractivity contribution >= 4 is 45.2 Å². The van der Waals surface area contributed by atoms with Crippen LogP contribution in [0, 0.1) is 0 Å². The van der Waals surface area contributed by atoms with Crippen molar-refractivity contribution < 1.29 is 9.59 Å². The standard InChI is InChI=1S/C9H9N3O.C6H5N3.C3H5ClO/c1-7(13)6-12-9-5-3-2-4-8(9)10-11-12;1-2-4-6-5(3-1)7-9-8-6;1-3(5)2-4/h2-5H,6H2,1H3;1-4H,(H,7,8,9);2H2,1H3. The van der Waals surface area contributed by atoms with E-state index in [9.17, 15) is 9.59 Å². The lowest BCUT2D eigenvalue weighted by Crippen LogP contribution is -2.07. The molecule has 0 bridgehead atoms. The Morgan fingerprint density at radius 1 is 0.926 bits per heavy atom. The first-order valence-corrected chi connectivity index (χ1v) is 8.63. The summed E-state index contributed by atoms with van der Waals surface area (Å²) in [7, 11) is 0. The molecule has 2 aromatic carbocycles. The second-order valence-corrected chi connectivity index (χ2v) is 5.85. The van der Waals surface area contributed by atoms with Crippen LogP contribution in [0.2, 0.25) is 0 Å². The molecule has 27 heavy (non-hydrogen) atoms. The Bertz CT molecular complexity index is 996. The van der Waals surface area contributed by atoms with Crippen molar-refractivity contribution in [1.29, 1.82) is 0 Å². The average molecular weight is 387 g/mol. The third-order valence-electron chi connectivity index (χ3n) is 3.20. The summed E-state index contributed by atoms with van der Waals surface area (Å²) in [4.78, 5) is 20.5. The van der Waals surface area contributed by atoms with Gasteiger partial charge in [-0.25, -0.2) is 4.68 Å². The zero-order chi connectivity index (χ0) is 19.6. The number of alkyl halides is 1. The SMILES string of the molecule is CC(=O)CCl.CC(=O)Cn1nnc2ccccc21.c1ccc2n[nH]nc2c1. The number of aromatic amines is 1. The number of ketones is 2. The number of aromatic nitrogens is 6. The zero-order valence-electron chi connectivity index (χ0n) is 15.0. The molecule has 140 valence electrons. The van der Waals surface area contributed by atoms with E-state index in [4.69, 9.17) is 11.6 Å². The van der Waals surface area contributed by atoms with Crippen LogP contribution in [0.3, 0.4) is 0 Å². The summed E-state index contributed by atoms with van der Waals surface area (Å²) in [6, 6.07) is 15.3. The number of carbonyl (C=O) groups is 2. The van der Waals surface area contributed by atoms with Crippen LogP contribution in [0.15, 0.2) is 48.5 Å². The maximum absolute atomic E-state index is 10.9. The van der Waals surface area contributed by atoms with E-state index in [2.05, 4.69) is 25.7 Å². The Morgan fingerprint density at radius 3 is 1.96 bits per heavy atom. The average Bonchev–Trinajstić information content (AvgIpc) is 3.30. The molecule has 4 aromatic rings. The summed E-state index contributed by atoms with van der Waals surface area (Å²) in [5.74, 6) is 0.238. The molecular formula is C18H19ClN6O2. The van der Waals surface area contributed by atoms with Crippen LogP contribution >= 0.6 is 11.6 Å². The summed E-state index contributed by atoms with van der Waals surface area (Å²) < 4.78 is 1.61. The quantitative estimate of drug-likeness (QED) is 0.542. The number of nitrogens with zero attached hydrogens (tertiary/aromatic N) is 5. The first kappa shape index (κ1) is 20.2. The molecule has 0 aliphatic rings. The van der Waals surface area contributed by atoms with Gasteiger partial charge in [0.2, 0.25) is 0 Å². The van der Waals surface area contributed by atoms with Crippen LogP contribution in [-0.4, -0.2) is 47.9 Å². The molecule has 0 fully saturated rings. The minimum Gasteiger partial charge on any atom is -0.299 e. The highest BCUT2D eigenvalue weighted by Gasteiger charge is 2.03. The monoisotopic (exact) mass is 386 g/mol. The molecule has 4 rings (SSSR count). The third kappa shape index (κ3) is 6.27. The van der Waals surface area contributed by atoms with Crippen LogP contribution in [0.25, 0.3) is 22.1 Å². The van der Waals surface area contributed by atoms with E-state index in [1.807, 2.05) is 48.5 Å². The first-order chi connectivity index (χ1) is 13.0. The predicted octanol–water partition coefficient (Wildman–Crippen LogP) is 2.79. The molecule has 8 nitrogen and oxygen atoms in total. The number of H-pyrrole nitrogens is 1. The van der Waals surface area contributed by atoms with Gasteiger partial charge in [-0.05, 0) is 38.1 Å². The van der Waals surface area contributed by atoms with Crippen molar-refractivity contribution in [3.8, 4) is 0 Å². The van der Waals surface area contributed by atoms with Crippen molar-refractivity contribution in [1.82, 2.24) is 30.4 Å². The molecule has 0 saturated heterocycles. The fourth-order valence-corrected chi connectivity index (χ4v) is 2.03. The Kier molecular flexibility index (Phi) is 7.57. The molecule has 0 aliphatic carbocycles. The summed E-state index contributed by atoms with van der Waals surface area (Å²) >= 11 is 4.99. The molecule has 0 spiro atoms. The Morgan fingerprint density at radius 2 is 1.44 bits per heavy atom. The van der Waals surface area contributed by atoms with E-state index < -0.39 is 0 Å². The molecule has 2 heterocycles. The van der Waals surface area contributed by atoms with Crippen LogP contribution in [-0.2, 0) is 16.1 Å². The second-order valence-electron chi connectivity index (χ2n) is 5.59. The van der Waals surface area contributed by atoms with E-state index >= 15 is 0 Å². The molecule has 0 atom stereocenters. The van der Waals surface area contributed by atoms with E-state index in [0.29, 0.717) is 6.54 Å². The number of Topliss-reactive ketones (excluding diaryl/α,β-unsaturated/α-hetero) is 2. The fraction of sp³-hybridized carbons (Fsp3) is 0.222. The lowest BCUT2D eigenvalue weighted by Gasteiger charge is -1.96. The fourth-order valence-electron chi connectivity index (χ4n) is 2.03. The van der Waals surface area contributed by atoms with Gasteiger partial charge >= 0.3 is 0 Å². The highest BCUT2D eigenvalue weighted by Crippen LogP contribution is 2.09. The van der Waals surface area contributed by atoms with Gasteiger partial charge < -0.3 is 0 Å².